The molecule has 1 atom stereocenters. The molecule has 1 aromatic heterocycles. The number of piperidine rings is 1. The summed E-state index contributed by atoms with van der Waals surface area (Å²) in [6.07, 6.45) is 3.77. The van der Waals surface area contributed by atoms with E-state index in [1.165, 1.54) is 6.20 Å². The van der Waals surface area contributed by atoms with Crippen molar-refractivity contribution >= 4 is 22.8 Å². The molecule has 0 aliphatic carbocycles. The summed E-state index contributed by atoms with van der Waals surface area (Å²) in [5.41, 5.74) is 2.86. The van der Waals surface area contributed by atoms with Gasteiger partial charge in [-0.05, 0) is 37.0 Å². The van der Waals surface area contributed by atoms with Crippen molar-refractivity contribution in [1.82, 2.24) is 20.2 Å². The van der Waals surface area contributed by atoms with Gasteiger partial charge in [0.05, 0.1) is 23.1 Å². The number of aromatic nitrogens is 2. The molecule has 30 heavy (non-hydrogen) atoms. The maximum absolute atomic E-state index is 13.0. The first-order valence-electron chi connectivity index (χ1n) is 10.5. The second-order valence-corrected chi connectivity index (χ2v) is 7.69. The van der Waals surface area contributed by atoms with Crippen molar-refractivity contribution in [3.05, 3.63) is 72.1 Å². The van der Waals surface area contributed by atoms with Crippen LogP contribution in [0.4, 0.5) is 0 Å². The largest absolute Gasteiger partial charge is 0.348 e. The van der Waals surface area contributed by atoms with Gasteiger partial charge in [-0.3, -0.25) is 14.6 Å². The van der Waals surface area contributed by atoms with Crippen LogP contribution in [0.5, 0.6) is 0 Å². The van der Waals surface area contributed by atoms with Crippen LogP contribution in [0.15, 0.2) is 60.8 Å². The first-order valence-corrected chi connectivity index (χ1v) is 10.5. The third-order valence-corrected chi connectivity index (χ3v) is 5.73. The van der Waals surface area contributed by atoms with E-state index in [1.54, 1.807) is 0 Å². The molecule has 1 unspecified atom stereocenters. The molecule has 2 amide bonds. The van der Waals surface area contributed by atoms with Crippen LogP contribution in [-0.4, -0.2) is 45.8 Å². The number of amides is 2. The van der Waals surface area contributed by atoms with Crippen molar-refractivity contribution in [2.24, 2.45) is 0 Å². The predicted octanol–water partition coefficient (Wildman–Crippen LogP) is 3.54. The number of nitrogens with zero attached hydrogens (tertiary/aromatic N) is 3. The average molecular weight is 402 g/mol. The number of rotatable bonds is 5. The molecule has 2 aromatic carbocycles. The highest BCUT2D eigenvalue weighted by atomic mass is 16.2. The molecule has 6 heteroatoms. The van der Waals surface area contributed by atoms with Gasteiger partial charge in [0.15, 0.2) is 0 Å². The molecule has 0 radical (unpaired) electrons. The van der Waals surface area contributed by atoms with E-state index in [0.29, 0.717) is 24.3 Å². The Morgan fingerprint density at radius 3 is 2.40 bits per heavy atom. The van der Waals surface area contributed by atoms with Crippen molar-refractivity contribution in [3.8, 4) is 0 Å². The summed E-state index contributed by atoms with van der Waals surface area (Å²) >= 11 is 0. The topological polar surface area (TPSA) is 75.2 Å². The van der Waals surface area contributed by atoms with Gasteiger partial charge in [-0.15, -0.1) is 0 Å². The highest BCUT2D eigenvalue weighted by Crippen LogP contribution is 2.24. The smallest absolute Gasteiger partial charge is 0.271 e. The maximum atomic E-state index is 13.0. The minimum absolute atomic E-state index is 0.0339. The third-order valence-electron chi connectivity index (χ3n) is 5.73. The van der Waals surface area contributed by atoms with Gasteiger partial charge in [0.1, 0.15) is 5.69 Å². The lowest BCUT2D eigenvalue weighted by atomic mass is 9.93. The monoisotopic (exact) mass is 402 g/mol. The number of para-hydroxylation sites is 2. The van der Waals surface area contributed by atoms with Gasteiger partial charge in [0.25, 0.3) is 5.91 Å². The molecule has 1 saturated heterocycles. The van der Waals surface area contributed by atoms with Crippen LogP contribution in [0, 0.1) is 0 Å². The first-order chi connectivity index (χ1) is 14.7. The molecule has 154 valence electrons. The van der Waals surface area contributed by atoms with Gasteiger partial charge in [0, 0.05) is 19.1 Å². The highest BCUT2D eigenvalue weighted by molar-refractivity contribution is 5.94. The Hall–Kier alpha value is -3.28. The minimum atomic E-state index is -0.214. The second-order valence-electron chi connectivity index (χ2n) is 7.69. The first kappa shape index (κ1) is 20.0. The van der Waals surface area contributed by atoms with Crippen LogP contribution in [0.3, 0.4) is 0 Å². The van der Waals surface area contributed by atoms with Gasteiger partial charge in [-0.25, -0.2) is 4.98 Å². The number of fused-ring (bicyclic) bond motifs is 1. The van der Waals surface area contributed by atoms with Crippen LogP contribution in [0.25, 0.3) is 11.0 Å². The van der Waals surface area contributed by atoms with Crippen LogP contribution < -0.4 is 5.32 Å². The Labute approximate surface area is 176 Å². The summed E-state index contributed by atoms with van der Waals surface area (Å²) in [6.45, 7) is 3.35. The Morgan fingerprint density at radius 2 is 1.70 bits per heavy atom. The molecule has 1 aliphatic heterocycles. The van der Waals surface area contributed by atoms with Gasteiger partial charge in [-0.2, -0.15) is 0 Å². The highest BCUT2D eigenvalue weighted by Gasteiger charge is 2.29. The molecule has 4 rings (SSSR count). The molecule has 1 N–H and O–H groups in total. The molecule has 0 spiro atoms. The van der Waals surface area contributed by atoms with Crippen molar-refractivity contribution in [1.29, 1.82) is 0 Å². The number of benzene rings is 2. The Balaban J connectivity index is 1.34. The predicted molar refractivity (Wildman–Crippen MR) is 116 cm³/mol. The fourth-order valence-electron chi connectivity index (χ4n) is 4.03. The van der Waals surface area contributed by atoms with Gasteiger partial charge in [-0.1, -0.05) is 49.4 Å². The molecular weight excluding hydrogens is 376 g/mol. The van der Waals surface area contributed by atoms with Crippen molar-refractivity contribution in [3.63, 3.8) is 0 Å². The molecule has 1 fully saturated rings. The van der Waals surface area contributed by atoms with Crippen LogP contribution >= 0.6 is 0 Å². The summed E-state index contributed by atoms with van der Waals surface area (Å²) in [5, 5.41) is 3.05. The third kappa shape index (κ3) is 4.32. The maximum Gasteiger partial charge on any atom is 0.271 e. The second kappa shape index (κ2) is 9.03. The van der Waals surface area contributed by atoms with E-state index in [4.69, 9.17) is 0 Å². The number of hydrogen-bond donors (Lipinski definition) is 1. The molecular formula is C24H26N4O2. The molecule has 0 saturated carbocycles. The van der Waals surface area contributed by atoms with E-state index in [1.807, 2.05) is 66.4 Å². The Kier molecular flexibility index (Phi) is 6.02. The van der Waals surface area contributed by atoms with Gasteiger partial charge < -0.3 is 10.2 Å². The quantitative estimate of drug-likeness (QED) is 0.708. The SMILES string of the molecule is CCC(C(=O)N1CCC(NC(=O)c2cnc3ccccc3n2)CC1)c1ccccc1. The number of hydrogen-bond acceptors (Lipinski definition) is 4. The lowest BCUT2D eigenvalue weighted by Gasteiger charge is -2.34. The molecule has 0 bridgehead atoms. The van der Waals surface area contributed by atoms with E-state index >= 15 is 0 Å². The normalized spacial score (nSPS) is 15.7. The number of likely N-dealkylation sites (tertiary alicyclic amines) is 1. The zero-order valence-corrected chi connectivity index (χ0v) is 17.1. The fraction of sp³-hybridized carbons (Fsp3) is 0.333. The lowest BCUT2D eigenvalue weighted by molar-refractivity contribution is -0.134. The lowest BCUT2D eigenvalue weighted by Crippen LogP contribution is -2.47. The van der Waals surface area contributed by atoms with Gasteiger partial charge in [0.2, 0.25) is 5.91 Å². The number of nitrogens with one attached hydrogen (secondary N) is 1. The van der Waals surface area contributed by atoms with E-state index in [2.05, 4.69) is 15.3 Å². The van der Waals surface area contributed by atoms with Gasteiger partial charge >= 0.3 is 0 Å². The van der Waals surface area contributed by atoms with Crippen molar-refractivity contribution < 1.29 is 9.59 Å². The molecule has 2 heterocycles. The van der Waals surface area contributed by atoms with E-state index in [-0.39, 0.29) is 23.8 Å². The molecule has 6 nitrogen and oxygen atoms in total. The number of carbonyl (C=O) groups is 2. The molecule has 1 aliphatic rings. The van der Waals surface area contributed by atoms with Crippen LogP contribution in [-0.2, 0) is 4.79 Å². The molecule has 3 aromatic rings. The summed E-state index contributed by atoms with van der Waals surface area (Å²) in [7, 11) is 0. The summed E-state index contributed by atoms with van der Waals surface area (Å²) in [4.78, 5) is 36.3. The fourth-order valence-corrected chi connectivity index (χ4v) is 4.03. The van der Waals surface area contributed by atoms with Crippen LogP contribution in [0.1, 0.15) is 48.2 Å². The standard InChI is InChI=1S/C24H26N4O2/c1-2-19(17-8-4-3-5-9-17)24(30)28-14-12-18(13-15-28)26-23(29)22-16-25-20-10-6-7-11-21(20)27-22/h3-11,16,18-19H,2,12-15H2,1H3,(H,26,29). The van der Waals surface area contributed by atoms with Crippen LogP contribution in [0.2, 0.25) is 0 Å². The van der Waals surface area contributed by atoms with E-state index in [0.717, 1.165) is 30.3 Å². The Bertz CT molecular complexity index is 1030. The minimum Gasteiger partial charge on any atom is -0.348 e. The van der Waals surface area contributed by atoms with Crippen molar-refractivity contribution in [2.45, 2.75) is 38.1 Å². The zero-order valence-electron chi connectivity index (χ0n) is 17.1. The summed E-state index contributed by atoms with van der Waals surface area (Å²) < 4.78 is 0. The summed E-state index contributed by atoms with van der Waals surface area (Å²) in [5.74, 6) is -0.146. The zero-order chi connectivity index (χ0) is 20.9. The Morgan fingerprint density at radius 1 is 1.03 bits per heavy atom. The summed E-state index contributed by atoms with van der Waals surface area (Å²) in [6, 6.07) is 17.5. The van der Waals surface area contributed by atoms with E-state index < -0.39 is 0 Å². The average Bonchev–Trinajstić information content (AvgIpc) is 2.80. The van der Waals surface area contributed by atoms with Crippen molar-refractivity contribution in [2.75, 3.05) is 13.1 Å². The van der Waals surface area contributed by atoms with E-state index in [9.17, 15) is 9.59 Å². The number of carbonyl (C=O) groups excluding carboxylic acids is 2.